The lowest BCUT2D eigenvalue weighted by Crippen LogP contribution is -2.09. The van der Waals surface area contributed by atoms with Crippen molar-refractivity contribution < 1.29 is 4.39 Å². The lowest BCUT2D eigenvalue weighted by Gasteiger charge is -2.09. The van der Waals surface area contributed by atoms with Crippen molar-refractivity contribution in [3.05, 3.63) is 47.5 Å². The van der Waals surface area contributed by atoms with Crippen molar-refractivity contribution >= 4 is 5.69 Å². The number of aryl methyl sites for hydroxylation is 1. The number of anilines is 1. The minimum Gasteiger partial charge on any atom is -0.377 e. The first kappa shape index (κ1) is 13.1. The van der Waals surface area contributed by atoms with Crippen molar-refractivity contribution in [2.75, 3.05) is 5.32 Å². The summed E-state index contributed by atoms with van der Waals surface area (Å²) in [5, 5.41) is 15.9. The Hall–Kier alpha value is -2.35. The highest BCUT2D eigenvalue weighted by atomic mass is 19.1. The third-order valence-corrected chi connectivity index (χ3v) is 2.80. The number of nitrogens with one attached hydrogen (secondary N) is 1. The van der Waals surface area contributed by atoms with E-state index in [0.29, 0.717) is 17.8 Å². The molecule has 2 aromatic rings. The maximum Gasteiger partial charge on any atom is 0.147 e. The van der Waals surface area contributed by atoms with Gasteiger partial charge in [0.25, 0.3) is 0 Å². The number of hydrogen-bond donors (Lipinski definition) is 1. The maximum atomic E-state index is 13.7. The van der Waals surface area contributed by atoms with E-state index < -0.39 is 5.82 Å². The standard InChI is InChI=1S/C14H15FN4/c1-2-7-19-12(5-6-18-19)10-17-14-4-3-11(9-16)8-13(14)15/h3-6,8,17H,2,7,10H2,1H3. The smallest absolute Gasteiger partial charge is 0.147 e. The van der Waals surface area contributed by atoms with Gasteiger partial charge in [0.05, 0.1) is 29.6 Å². The van der Waals surface area contributed by atoms with Crippen molar-refractivity contribution in [3.8, 4) is 6.07 Å². The van der Waals surface area contributed by atoms with Gasteiger partial charge < -0.3 is 5.32 Å². The zero-order valence-electron chi connectivity index (χ0n) is 10.7. The van der Waals surface area contributed by atoms with E-state index >= 15 is 0 Å². The number of rotatable bonds is 5. The molecule has 1 aromatic heterocycles. The second-order valence-corrected chi connectivity index (χ2v) is 4.21. The summed E-state index contributed by atoms with van der Waals surface area (Å²) in [6.45, 7) is 3.43. The van der Waals surface area contributed by atoms with Crippen molar-refractivity contribution in [3.63, 3.8) is 0 Å². The molecular weight excluding hydrogens is 243 g/mol. The fourth-order valence-electron chi connectivity index (χ4n) is 1.84. The minimum atomic E-state index is -0.416. The zero-order chi connectivity index (χ0) is 13.7. The first-order valence-electron chi connectivity index (χ1n) is 6.18. The zero-order valence-corrected chi connectivity index (χ0v) is 10.7. The molecule has 0 atom stereocenters. The van der Waals surface area contributed by atoms with E-state index in [4.69, 9.17) is 5.26 Å². The van der Waals surface area contributed by atoms with Gasteiger partial charge in [0.15, 0.2) is 0 Å². The Morgan fingerprint density at radius 1 is 1.42 bits per heavy atom. The van der Waals surface area contributed by atoms with Gasteiger partial charge in [0, 0.05) is 12.7 Å². The molecule has 2 rings (SSSR count). The summed E-state index contributed by atoms with van der Waals surface area (Å²) < 4.78 is 15.6. The van der Waals surface area contributed by atoms with Gasteiger partial charge in [-0.3, -0.25) is 4.68 Å². The minimum absolute atomic E-state index is 0.319. The average Bonchev–Trinajstić information content (AvgIpc) is 2.85. The van der Waals surface area contributed by atoms with E-state index in [1.54, 1.807) is 18.3 Å². The van der Waals surface area contributed by atoms with Gasteiger partial charge in [-0.2, -0.15) is 10.4 Å². The first-order valence-corrected chi connectivity index (χ1v) is 6.18. The number of nitrogens with zero attached hydrogens (tertiary/aromatic N) is 3. The fraction of sp³-hybridized carbons (Fsp3) is 0.286. The Morgan fingerprint density at radius 2 is 2.26 bits per heavy atom. The van der Waals surface area contributed by atoms with Crippen LogP contribution >= 0.6 is 0 Å². The molecule has 4 nitrogen and oxygen atoms in total. The summed E-state index contributed by atoms with van der Waals surface area (Å²) in [6.07, 6.45) is 2.74. The van der Waals surface area contributed by atoms with Crippen LogP contribution < -0.4 is 5.32 Å². The van der Waals surface area contributed by atoms with E-state index in [0.717, 1.165) is 18.7 Å². The van der Waals surface area contributed by atoms with E-state index in [2.05, 4.69) is 17.3 Å². The molecule has 1 heterocycles. The van der Waals surface area contributed by atoms with Crippen LogP contribution in [0.5, 0.6) is 0 Å². The molecule has 0 spiro atoms. The number of aromatic nitrogens is 2. The van der Waals surface area contributed by atoms with Gasteiger partial charge in [-0.05, 0) is 30.7 Å². The van der Waals surface area contributed by atoms with E-state index in [1.807, 2.05) is 16.8 Å². The van der Waals surface area contributed by atoms with Crippen molar-refractivity contribution in [1.82, 2.24) is 9.78 Å². The molecule has 0 amide bonds. The van der Waals surface area contributed by atoms with Gasteiger partial charge in [-0.15, -0.1) is 0 Å². The third kappa shape index (κ3) is 3.10. The van der Waals surface area contributed by atoms with Crippen molar-refractivity contribution in [2.24, 2.45) is 0 Å². The van der Waals surface area contributed by atoms with Crippen LogP contribution in [0, 0.1) is 17.1 Å². The van der Waals surface area contributed by atoms with Crippen LogP contribution in [0.25, 0.3) is 0 Å². The highest BCUT2D eigenvalue weighted by Crippen LogP contribution is 2.16. The molecular formula is C14H15FN4. The Bertz CT molecular complexity index is 598. The van der Waals surface area contributed by atoms with Crippen LogP contribution in [0.15, 0.2) is 30.5 Å². The Balaban J connectivity index is 2.06. The normalized spacial score (nSPS) is 10.2. The highest BCUT2D eigenvalue weighted by molar-refractivity contribution is 5.48. The molecule has 0 saturated carbocycles. The highest BCUT2D eigenvalue weighted by Gasteiger charge is 2.05. The predicted octanol–water partition coefficient (Wildman–Crippen LogP) is 2.92. The summed E-state index contributed by atoms with van der Waals surface area (Å²) >= 11 is 0. The van der Waals surface area contributed by atoms with Gasteiger partial charge >= 0.3 is 0 Å². The number of hydrogen-bond acceptors (Lipinski definition) is 3. The van der Waals surface area contributed by atoms with E-state index in [1.165, 1.54) is 6.07 Å². The van der Waals surface area contributed by atoms with Crippen LogP contribution in [0.1, 0.15) is 24.6 Å². The van der Waals surface area contributed by atoms with Crippen molar-refractivity contribution in [2.45, 2.75) is 26.4 Å². The van der Waals surface area contributed by atoms with E-state index in [-0.39, 0.29) is 0 Å². The molecule has 5 heteroatoms. The van der Waals surface area contributed by atoms with Crippen LogP contribution in [-0.4, -0.2) is 9.78 Å². The molecule has 0 bridgehead atoms. The number of benzene rings is 1. The maximum absolute atomic E-state index is 13.7. The molecule has 0 unspecified atom stereocenters. The molecule has 0 aliphatic rings. The lowest BCUT2D eigenvalue weighted by molar-refractivity contribution is 0.577. The average molecular weight is 258 g/mol. The molecule has 0 fully saturated rings. The topological polar surface area (TPSA) is 53.6 Å². The molecule has 0 aliphatic carbocycles. The molecule has 0 radical (unpaired) electrons. The molecule has 0 saturated heterocycles. The van der Waals surface area contributed by atoms with Crippen LogP contribution in [0.2, 0.25) is 0 Å². The number of halogens is 1. The first-order chi connectivity index (χ1) is 9.24. The molecule has 1 aromatic carbocycles. The van der Waals surface area contributed by atoms with Gasteiger partial charge in [0.1, 0.15) is 5.82 Å². The summed E-state index contributed by atoms with van der Waals surface area (Å²) in [4.78, 5) is 0. The van der Waals surface area contributed by atoms with Gasteiger partial charge in [0.2, 0.25) is 0 Å². The Labute approximate surface area is 111 Å². The largest absolute Gasteiger partial charge is 0.377 e. The Morgan fingerprint density at radius 3 is 2.95 bits per heavy atom. The van der Waals surface area contributed by atoms with Crippen LogP contribution in [-0.2, 0) is 13.1 Å². The summed E-state index contributed by atoms with van der Waals surface area (Å²) in [5.41, 5.74) is 1.72. The SMILES string of the molecule is CCCn1nccc1CNc1ccc(C#N)cc1F. The quantitative estimate of drug-likeness (QED) is 0.897. The second-order valence-electron chi connectivity index (χ2n) is 4.21. The number of nitriles is 1. The summed E-state index contributed by atoms with van der Waals surface area (Å²) in [7, 11) is 0. The molecule has 1 N–H and O–H groups in total. The molecule has 19 heavy (non-hydrogen) atoms. The van der Waals surface area contributed by atoms with Crippen molar-refractivity contribution in [1.29, 1.82) is 5.26 Å². The predicted molar refractivity (Wildman–Crippen MR) is 71.0 cm³/mol. The molecule has 0 aliphatic heterocycles. The van der Waals surface area contributed by atoms with Crippen LogP contribution in [0.3, 0.4) is 0 Å². The van der Waals surface area contributed by atoms with E-state index in [9.17, 15) is 4.39 Å². The van der Waals surface area contributed by atoms with Crippen LogP contribution in [0.4, 0.5) is 10.1 Å². The monoisotopic (exact) mass is 258 g/mol. The van der Waals surface area contributed by atoms with Gasteiger partial charge in [-0.1, -0.05) is 6.92 Å². The summed E-state index contributed by atoms with van der Waals surface area (Å²) in [6, 6.07) is 8.21. The third-order valence-electron chi connectivity index (χ3n) is 2.80. The molecule has 98 valence electrons. The second kappa shape index (κ2) is 6.01. The Kier molecular flexibility index (Phi) is 4.14. The lowest BCUT2D eigenvalue weighted by atomic mass is 10.2. The van der Waals surface area contributed by atoms with Gasteiger partial charge in [-0.25, -0.2) is 4.39 Å². The fourth-order valence-corrected chi connectivity index (χ4v) is 1.84. The summed E-state index contributed by atoms with van der Waals surface area (Å²) in [5.74, 6) is -0.416.